The standard InChI is InChI=1S/C18H16F3N3O3S.3C13H15BrN2O4S.C12H13BrN2O4S/c19-18(20,21)11-5-7-12(8-6-11)24-17(27)28-14-4-2-1-3-13(14)16(26)23-10-9-15(22)25;2*1-8(11(15)17)16-12(18)9-4-2-3-5-10(9)21-13(19)20-7-6-14;14-6-8-20-13(19)21-10-4-2-1-3-9(10)12(18)16-7-5-11(15)17;13-5-6-19-12(18)20-9-4-2-1-3-8(9)11(17)15-7-10(14)16/h1-8H,9-10H2,(H2,22,25)(H,23,26)(H,24,27);2*2-5,8H,6-7H2,1H3,(H2,15,17)(H,16,18);1-4H,5-8H2,(H2,15,17)(H,16,18);1-4H,5-7H2,(H2,14,16)(H,15,17)/t;2*8-;;/m.10../s1. The Morgan fingerprint density at radius 2 is 0.649 bits per heavy atom. The lowest BCUT2D eigenvalue weighted by Crippen LogP contribution is -2.42. The number of carbonyl (C=O) groups excluding carboxylic acids is 15. The molecule has 0 spiro atoms. The molecule has 0 radical (unpaired) electrons. The lowest BCUT2D eigenvalue weighted by atomic mass is 10.2. The van der Waals surface area contributed by atoms with Gasteiger partial charge in [0.25, 0.3) is 34.8 Å². The van der Waals surface area contributed by atoms with E-state index in [0.29, 0.717) is 51.4 Å². The molecule has 2 atom stereocenters. The van der Waals surface area contributed by atoms with Crippen LogP contribution in [0.4, 0.5) is 42.8 Å². The highest BCUT2D eigenvalue weighted by atomic mass is 79.9. The summed E-state index contributed by atoms with van der Waals surface area (Å²) in [6.45, 7) is 3.94. The number of rotatable bonds is 31. The maximum atomic E-state index is 12.6. The van der Waals surface area contributed by atoms with E-state index >= 15 is 0 Å². The van der Waals surface area contributed by atoms with E-state index in [0.717, 1.165) is 83.1 Å². The number of nitrogens with two attached hydrogens (primary N) is 5. The van der Waals surface area contributed by atoms with Crippen LogP contribution in [0.3, 0.4) is 0 Å². The van der Waals surface area contributed by atoms with Crippen molar-refractivity contribution in [3.05, 3.63) is 179 Å². The summed E-state index contributed by atoms with van der Waals surface area (Å²) >= 11 is 16.6. The number of hydrogen-bond acceptors (Lipinski definition) is 24. The Morgan fingerprint density at radius 1 is 0.378 bits per heavy atom. The van der Waals surface area contributed by atoms with E-state index in [1.807, 2.05) is 0 Å². The molecule has 598 valence electrons. The minimum absolute atomic E-state index is 0.0184. The normalized spacial score (nSPS) is 10.8. The van der Waals surface area contributed by atoms with E-state index < -0.39 is 103 Å². The summed E-state index contributed by atoms with van der Waals surface area (Å²) in [6, 6.07) is 35.0. The van der Waals surface area contributed by atoms with E-state index in [1.165, 1.54) is 19.9 Å². The van der Waals surface area contributed by atoms with Crippen molar-refractivity contribution in [2.24, 2.45) is 28.7 Å². The Bertz CT molecular complexity index is 4090. The van der Waals surface area contributed by atoms with Gasteiger partial charge in [-0.1, -0.05) is 124 Å². The van der Waals surface area contributed by atoms with Crippen LogP contribution >= 0.6 is 123 Å². The van der Waals surface area contributed by atoms with Gasteiger partial charge in [-0.25, -0.2) is 19.2 Å². The van der Waals surface area contributed by atoms with Crippen molar-refractivity contribution in [2.45, 2.75) is 69.4 Å². The highest BCUT2D eigenvalue weighted by Gasteiger charge is 2.30. The summed E-state index contributed by atoms with van der Waals surface area (Å²) in [6.07, 6.45) is -4.41. The van der Waals surface area contributed by atoms with Crippen LogP contribution in [0.1, 0.15) is 84.0 Å². The second-order valence-corrected chi connectivity index (χ2v) is 29.0. The Labute approximate surface area is 688 Å². The number of carbonyl (C=O) groups is 15. The number of anilines is 1. The monoisotopic (exact) mass is 1890 g/mol. The summed E-state index contributed by atoms with van der Waals surface area (Å²) in [4.78, 5) is 175. The molecule has 0 aliphatic carbocycles. The summed E-state index contributed by atoms with van der Waals surface area (Å²) < 4.78 is 57.4. The van der Waals surface area contributed by atoms with Crippen molar-refractivity contribution >= 4 is 214 Å². The minimum Gasteiger partial charge on any atom is -0.456 e. The first-order valence-corrected chi connectivity index (χ1v) is 40.4. The quantitative estimate of drug-likeness (QED) is 0.00833. The van der Waals surface area contributed by atoms with Gasteiger partial charge in [-0.3, -0.25) is 52.7 Å². The van der Waals surface area contributed by atoms with Gasteiger partial charge in [0.15, 0.2) is 0 Å². The first kappa shape index (κ1) is 97.9. The third-order valence-electron chi connectivity index (χ3n) is 12.6. The fourth-order valence-electron chi connectivity index (χ4n) is 7.41. The second-order valence-electron chi connectivity index (χ2n) is 20.9. The van der Waals surface area contributed by atoms with Gasteiger partial charge in [0.1, 0.15) is 38.5 Å². The predicted molar refractivity (Wildman–Crippen MR) is 429 cm³/mol. The van der Waals surface area contributed by atoms with Crippen LogP contribution in [0.25, 0.3) is 0 Å². The van der Waals surface area contributed by atoms with Crippen molar-refractivity contribution in [3.8, 4) is 0 Å². The highest BCUT2D eigenvalue weighted by molar-refractivity contribution is 9.09. The minimum atomic E-state index is -4.46. The van der Waals surface area contributed by atoms with E-state index in [1.54, 1.807) is 115 Å². The fraction of sp³-hybridized carbons (Fsp3) is 0.261. The number of ether oxygens (including phenoxy) is 4. The van der Waals surface area contributed by atoms with Gasteiger partial charge in [-0.15, -0.1) is 0 Å². The zero-order valence-corrected chi connectivity index (χ0v) is 69.0. The number of hydrogen-bond donors (Lipinski definition) is 11. The third-order valence-corrected chi connectivity index (χ3v) is 18.2. The number of amides is 11. The molecule has 6 aromatic rings. The predicted octanol–water partition coefficient (Wildman–Crippen LogP) is 10.9. The van der Waals surface area contributed by atoms with Gasteiger partial charge in [-0.05, 0) is 158 Å². The molecule has 11 amide bonds. The smallest absolute Gasteiger partial charge is 0.416 e. The number of primary amides is 5. The van der Waals surface area contributed by atoms with Gasteiger partial charge in [0.05, 0.1) is 39.9 Å². The Hall–Kier alpha value is -9.17. The fourth-order valence-corrected chi connectivity index (χ4v) is 11.8. The van der Waals surface area contributed by atoms with Crippen LogP contribution in [0, 0.1) is 0 Å². The zero-order valence-electron chi connectivity index (χ0n) is 58.5. The summed E-state index contributed by atoms with van der Waals surface area (Å²) in [5, 5.41) is 14.5. The van der Waals surface area contributed by atoms with Crippen molar-refractivity contribution < 1.29 is 104 Å². The summed E-state index contributed by atoms with van der Waals surface area (Å²) in [5.74, 6) is -5.22. The van der Waals surface area contributed by atoms with Gasteiger partial charge in [-0.2, -0.15) is 13.2 Å². The third kappa shape index (κ3) is 41.1. The first-order valence-electron chi connectivity index (χ1n) is 31.8. The number of nitrogens with one attached hydrogen (secondary N) is 6. The van der Waals surface area contributed by atoms with Crippen LogP contribution in [0.15, 0.2) is 170 Å². The zero-order chi connectivity index (χ0) is 83.0. The molecule has 42 heteroatoms. The highest BCUT2D eigenvalue weighted by Crippen LogP contribution is 2.32. The second kappa shape index (κ2) is 54.5. The maximum absolute atomic E-state index is 12.6. The van der Waals surface area contributed by atoms with E-state index in [-0.39, 0.29) is 92.8 Å². The number of benzene rings is 6. The first-order chi connectivity index (χ1) is 52.6. The Balaban J connectivity index is 0.000000474. The molecule has 16 N–H and O–H groups in total. The van der Waals surface area contributed by atoms with Crippen molar-refractivity contribution in [1.29, 1.82) is 0 Å². The molecule has 6 rings (SSSR count). The molecule has 0 saturated heterocycles. The topological polar surface area (TPSA) is 495 Å². The van der Waals surface area contributed by atoms with Crippen LogP contribution < -0.4 is 60.6 Å². The van der Waals surface area contributed by atoms with Gasteiger partial charge in [0, 0.05) is 77.4 Å². The maximum Gasteiger partial charge on any atom is 0.416 e. The Morgan fingerprint density at radius 3 is 0.910 bits per heavy atom. The van der Waals surface area contributed by atoms with Crippen molar-refractivity contribution in [2.75, 3.05) is 72.7 Å². The van der Waals surface area contributed by atoms with E-state index in [4.69, 9.17) is 47.6 Å². The molecule has 30 nitrogen and oxygen atoms in total. The van der Waals surface area contributed by atoms with E-state index in [9.17, 15) is 85.1 Å². The molecule has 0 saturated carbocycles. The average molecular weight is 1900 g/mol. The number of halogens is 7. The van der Waals surface area contributed by atoms with Crippen LogP contribution in [0.2, 0.25) is 0 Å². The molecule has 0 fully saturated rings. The molecule has 0 aliphatic rings. The molecule has 0 aromatic heterocycles. The van der Waals surface area contributed by atoms with Gasteiger partial charge in [0.2, 0.25) is 29.5 Å². The summed E-state index contributed by atoms with van der Waals surface area (Å²) in [5.41, 5.74) is 26.0. The molecule has 0 aliphatic heterocycles. The lowest BCUT2D eigenvalue weighted by Gasteiger charge is -2.12. The van der Waals surface area contributed by atoms with E-state index in [2.05, 4.69) is 95.6 Å². The van der Waals surface area contributed by atoms with Crippen molar-refractivity contribution in [3.63, 3.8) is 0 Å². The lowest BCUT2D eigenvalue weighted by molar-refractivity contribution is -0.137. The average Bonchev–Trinajstić information content (AvgIpc) is 0.862. The number of thioether (sulfide) groups is 5. The van der Waals surface area contributed by atoms with Crippen LogP contribution in [-0.4, -0.2) is 165 Å². The van der Waals surface area contributed by atoms with Gasteiger partial charge < -0.3 is 79.5 Å². The molecule has 111 heavy (non-hydrogen) atoms. The molecule has 6 aromatic carbocycles. The Kier molecular flexibility index (Phi) is 48.0. The summed E-state index contributed by atoms with van der Waals surface area (Å²) in [7, 11) is 0. The molecule has 0 heterocycles. The molecular formula is C69H74Br4F3N11O19S5. The van der Waals surface area contributed by atoms with Crippen molar-refractivity contribution in [1.82, 2.24) is 26.6 Å². The SMILES string of the molecule is C[C@@H](NC(=O)c1ccccc1SC(=O)OCCBr)C(N)=O.C[C@H](NC(=O)c1ccccc1SC(=O)OCCBr)C(N)=O.NC(=O)CCNC(=O)c1ccccc1SC(=O)Nc1ccc(C(F)(F)F)cc1.NC(=O)CCNC(=O)c1ccccc1SC(=O)OCCBr.NC(=O)CNC(=O)c1ccccc1SC(=O)OCCBr. The molecule has 0 bridgehead atoms. The van der Waals surface area contributed by atoms with Crippen LogP contribution in [0.5, 0.6) is 0 Å². The largest absolute Gasteiger partial charge is 0.456 e. The molecule has 0 unspecified atom stereocenters. The van der Waals surface area contributed by atoms with Gasteiger partial charge >= 0.3 is 27.4 Å². The molecular weight excluding hydrogens is 1820 g/mol. The van der Waals surface area contributed by atoms with Crippen LogP contribution in [-0.2, 0) is 49.1 Å². The number of alkyl halides is 7.